The van der Waals surface area contributed by atoms with Crippen LogP contribution in [0.4, 0.5) is 0 Å². The first-order chi connectivity index (χ1) is 13.6. The second-order valence-corrected chi connectivity index (χ2v) is 7.61. The highest BCUT2D eigenvalue weighted by Gasteiger charge is 2.47. The van der Waals surface area contributed by atoms with Crippen LogP contribution in [0.3, 0.4) is 0 Å². The van der Waals surface area contributed by atoms with Gasteiger partial charge in [0.1, 0.15) is 11.4 Å². The summed E-state index contributed by atoms with van der Waals surface area (Å²) in [6.07, 6.45) is 3.41. The van der Waals surface area contributed by atoms with E-state index in [-0.39, 0.29) is 23.9 Å². The topological polar surface area (TPSA) is 38.8 Å². The van der Waals surface area contributed by atoms with E-state index in [4.69, 9.17) is 9.47 Å². The van der Waals surface area contributed by atoms with E-state index in [1.165, 1.54) is 11.1 Å². The van der Waals surface area contributed by atoms with E-state index in [9.17, 15) is 4.79 Å². The van der Waals surface area contributed by atoms with E-state index in [1.54, 1.807) is 7.11 Å². The molecule has 0 spiro atoms. The molecule has 1 aliphatic heterocycles. The SMILES string of the molecule is CCCCOC1(c2ccccc2C)CN(C(=O)CCc2ccc(OC)cc2)C1.Cl. The first-order valence-electron chi connectivity index (χ1n) is 10.2. The average Bonchev–Trinajstić information content (AvgIpc) is 2.69. The number of hydrogen-bond acceptors (Lipinski definition) is 3. The molecular weight excluding hydrogens is 386 g/mol. The van der Waals surface area contributed by atoms with Crippen molar-refractivity contribution in [2.45, 2.75) is 45.1 Å². The van der Waals surface area contributed by atoms with Crippen LogP contribution in [0, 0.1) is 6.92 Å². The van der Waals surface area contributed by atoms with Crippen molar-refractivity contribution in [3.8, 4) is 5.75 Å². The van der Waals surface area contributed by atoms with Gasteiger partial charge in [0.15, 0.2) is 0 Å². The lowest BCUT2D eigenvalue weighted by atomic mass is 9.83. The van der Waals surface area contributed by atoms with Crippen molar-refractivity contribution in [1.82, 2.24) is 4.90 Å². The normalized spacial score (nSPS) is 14.7. The van der Waals surface area contributed by atoms with Gasteiger partial charge in [0, 0.05) is 13.0 Å². The van der Waals surface area contributed by atoms with Gasteiger partial charge in [0.05, 0.1) is 20.2 Å². The Bertz CT molecular complexity index is 785. The molecule has 0 atom stereocenters. The second-order valence-electron chi connectivity index (χ2n) is 7.61. The molecule has 2 aromatic carbocycles. The van der Waals surface area contributed by atoms with Gasteiger partial charge in [-0.1, -0.05) is 49.7 Å². The number of carbonyl (C=O) groups is 1. The van der Waals surface area contributed by atoms with Crippen molar-refractivity contribution in [3.05, 3.63) is 65.2 Å². The maximum absolute atomic E-state index is 12.7. The minimum absolute atomic E-state index is 0. The third kappa shape index (κ3) is 5.52. The maximum atomic E-state index is 12.7. The molecule has 1 amide bonds. The van der Waals surface area contributed by atoms with Gasteiger partial charge in [0.2, 0.25) is 5.91 Å². The molecule has 0 saturated carbocycles. The Balaban J connectivity index is 0.00000300. The first kappa shape index (κ1) is 23.2. The smallest absolute Gasteiger partial charge is 0.223 e. The summed E-state index contributed by atoms with van der Waals surface area (Å²) in [5.74, 6) is 1.03. The van der Waals surface area contributed by atoms with Crippen LogP contribution in [-0.4, -0.2) is 37.6 Å². The van der Waals surface area contributed by atoms with Gasteiger partial charge in [-0.15, -0.1) is 12.4 Å². The van der Waals surface area contributed by atoms with Crippen LogP contribution in [-0.2, 0) is 21.6 Å². The van der Waals surface area contributed by atoms with Crippen molar-refractivity contribution in [1.29, 1.82) is 0 Å². The minimum atomic E-state index is -0.351. The van der Waals surface area contributed by atoms with Gasteiger partial charge in [0.25, 0.3) is 0 Å². The zero-order chi connectivity index (χ0) is 20.0. The number of methoxy groups -OCH3 is 1. The summed E-state index contributed by atoms with van der Waals surface area (Å²) < 4.78 is 11.5. The quantitative estimate of drug-likeness (QED) is 0.544. The molecule has 3 rings (SSSR count). The van der Waals surface area contributed by atoms with E-state index in [0.717, 1.165) is 37.2 Å². The summed E-state index contributed by atoms with van der Waals surface area (Å²) in [4.78, 5) is 14.6. The van der Waals surface area contributed by atoms with Crippen LogP contribution >= 0.6 is 12.4 Å². The molecule has 0 radical (unpaired) electrons. The van der Waals surface area contributed by atoms with Gasteiger partial charge < -0.3 is 14.4 Å². The molecule has 1 saturated heterocycles. The lowest BCUT2D eigenvalue weighted by Gasteiger charge is -2.50. The molecule has 158 valence electrons. The van der Waals surface area contributed by atoms with E-state index in [1.807, 2.05) is 29.2 Å². The molecule has 4 nitrogen and oxygen atoms in total. The van der Waals surface area contributed by atoms with E-state index >= 15 is 0 Å². The number of ether oxygens (including phenoxy) is 2. The van der Waals surface area contributed by atoms with Crippen LogP contribution < -0.4 is 4.74 Å². The van der Waals surface area contributed by atoms with E-state index < -0.39 is 0 Å². The highest BCUT2D eigenvalue weighted by Crippen LogP contribution is 2.38. The Kier molecular flexibility index (Phi) is 8.54. The molecule has 1 heterocycles. The summed E-state index contributed by atoms with van der Waals surface area (Å²) in [7, 11) is 1.66. The molecule has 2 aromatic rings. The number of likely N-dealkylation sites (tertiary alicyclic amines) is 1. The first-order valence-corrected chi connectivity index (χ1v) is 10.2. The number of halogens is 1. The fourth-order valence-corrected chi connectivity index (χ4v) is 3.78. The number of rotatable bonds is 9. The lowest BCUT2D eigenvalue weighted by Crippen LogP contribution is -2.62. The number of hydrogen-bond donors (Lipinski definition) is 0. The van der Waals surface area contributed by atoms with Crippen LogP contribution in [0.15, 0.2) is 48.5 Å². The van der Waals surface area contributed by atoms with Crippen LogP contribution in [0.25, 0.3) is 0 Å². The Labute approximate surface area is 180 Å². The molecule has 1 aliphatic rings. The number of carbonyl (C=O) groups excluding carboxylic acids is 1. The second kappa shape index (κ2) is 10.7. The van der Waals surface area contributed by atoms with Gasteiger partial charge in [-0.25, -0.2) is 0 Å². The fourth-order valence-electron chi connectivity index (χ4n) is 3.78. The average molecular weight is 418 g/mol. The Morgan fingerprint density at radius 3 is 2.41 bits per heavy atom. The number of nitrogens with zero attached hydrogens (tertiary/aromatic N) is 1. The molecule has 0 aromatic heterocycles. The third-order valence-electron chi connectivity index (χ3n) is 5.54. The van der Waals surface area contributed by atoms with Crippen molar-refractivity contribution in [3.63, 3.8) is 0 Å². The fraction of sp³-hybridized carbons (Fsp3) is 0.458. The summed E-state index contributed by atoms with van der Waals surface area (Å²) in [5.41, 5.74) is 3.24. The van der Waals surface area contributed by atoms with Crippen molar-refractivity contribution >= 4 is 18.3 Å². The third-order valence-corrected chi connectivity index (χ3v) is 5.54. The Morgan fingerprint density at radius 2 is 1.79 bits per heavy atom. The largest absolute Gasteiger partial charge is 0.497 e. The maximum Gasteiger partial charge on any atom is 0.223 e. The summed E-state index contributed by atoms with van der Waals surface area (Å²) >= 11 is 0. The highest BCUT2D eigenvalue weighted by molar-refractivity contribution is 5.85. The number of amides is 1. The summed E-state index contributed by atoms with van der Waals surface area (Å²) in [6.45, 7) is 6.30. The molecule has 0 N–H and O–H groups in total. The van der Waals surface area contributed by atoms with Gasteiger partial charge >= 0.3 is 0 Å². The van der Waals surface area contributed by atoms with Crippen LogP contribution in [0.1, 0.15) is 42.9 Å². The molecule has 0 unspecified atom stereocenters. The van der Waals surface area contributed by atoms with E-state index in [2.05, 4.69) is 38.1 Å². The molecule has 0 bridgehead atoms. The van der Waals surface area contributed by atoms with Gasteiger partial charge in [-0.05, 0) is 48.6 Å². The zero-order valence-electron chi connectivity index (χ0n) is 17.6. The highest BCUT2D eigenvalue weighted by atomic mass is 35.5. The standard InChI is InChI=1S/C24H31NO3.ClH/c1-4-5-16-28-24(22-9-7-6-8-19(22)2)17-25(18-24)23(26)15-12-20-10-13-21(27-3)14-11-20;/h6-11,13-14H,4-5,12,15-18H2,1-3H3;1H. The summed E-state index contributed by atoms with van der Waals surface area (Å²) in [5, 5.41) is 0. The molecule has 5 heteroatoms. The monoisotopic (exact) mass is 417 g/mol. The number of benzene rings is 2. The number of unbranched alkanes of at least 4 members (excludes halogenated alkanes) is 1. The Morgan fingerprint density at radius 1 is 1.10 bits per heavy atom. The number of aryl methyl sites for hydroxylation is 2. The lowest BCUT2D eigenvalue weighted by molar-refractivity contribution is -0.173. The van der Waals surface area contributed by atoms with Crippen molar-refractivity contribution < 1.29 is 14.3 Å². The minimum Gasteiger partial charge on any atom is -0.497 e. The van der Waals surface area contributed by atoms with Crippen molar-refractivity contribution in [2.75, 3.05) is 26.8 Å². The van der Waals surface area contributed by atoms with Crippen LogP contribution in [0.5, 0.6) is 5.75 Å². The predicted molar refractivity (Wildman–Crippen MR) is 119 cm³/mol. The molecule has 1 fully saturated rings. The Hall–Kier alpha value is -2.04. The molecule has 0 aliphatic carbocycles. The van der Waals surface area contributed by atoms with Crippen molar-refractivity contribution in [2.24, 2.45) is 0 Å². The van der Waals surface area contributed by atoms with E-state index in [0.29, 0.717) is 19.5 Å². The van der Waals surface area contributed by atoms with Gasteiger partial charge in [-0.3, -0.25) is 4.79 Å². The predicted octanol–water partition coefficient (Wildman–Crippen LogP) is 4.91. The zero-order valence-corrected chi connectivity index (χ0v) is 18.5. The van der Waals surface area contributed by atoms with Gasteiger partial charge in [-0.2, -0.15) is 0 Å². The molecule has 29 heavy (non-hydrogen) atoms. The molecular formula is C24H32ClNO3. The van der Waals surface area contributed by atoms with Crippen LogP contribution in [0.2, 0.25) is 0 Å². The summed E-state index contributed by atoms with van der Waals surface area (Å²) in [6, 6.07) is 16.3.